The Morgan fingerprint density at radius 2 is 1.95 bits per heavy atom. The Hall–Kier alpha value is -1.79. The van der Waals surface area contributed by atoms with Crippen LogP contribution in [0.1, 0.15) is 12.5 Å². The Bertz CT molecular complexity index is 499. The summed E-state index contributed by atoms with van der Waals surface area (Å²) in [5.41, 5.74) is 6.68. The van der Waals surface area contributed by atoms with Crippen LogP contribution in [0.25, 0.3) is 0 Å². The van der Waals surface area contributed by atoms with Crippen LogP contribution < -0.4 is 15.2 Å². The van der Waals surface area contributed by atoms with Gasteiger partial charge < -0.3 is 20.1 Å². The molecule has 2 N–H and O–H groups in total. The van der Waals surface area contributed by atoms with E-state index in [0.29, 0.717) is 13.2 Å². The number of rotatable bonds is 6. The fourth-order valence-corrected chi connectivity index (χ4v) is 2.53. The molecule has 2 rings (SSSR count). The third-order valence-corrected chi connectivity index (χ3v) is 3.95. The van der Waals surface area contributed by atoms with Crippen molar-refractivity contribution in [2.24, 2.45) is 5.73 Å². The summed E-state index contributed by atoms with van der Waals surface area (Å²) in [6.07, 6.45) is 0. The molecule has 0 aromatic heterocycles. The summed E-state index contributed by atoms with van der Waals surface area (Å²) in [6.45, 7) is 6.89. The van der Waals surface area contributed by atoms with E-state index in [2.05, 4.69) is 4.90 Å². The number of methoxy groups -OCH3 is 1. The summed E-state index contributed by atoms with van der Waals surface area (Å²) in [5, 5.41) is 0. The second-order valence-corrected chi connectivity index (χ2v) is 5.39. The smallest absolute Gasteiger partial charge is 0.219 e. The maximum Gasteiger partial charge on any atom is 0.219 e. The molecule has 0 bridgehead atoms. The molecule has 0 aliphatic carbocycles. The van der Waals surface area contributed by atoms with Crippen LogP contribution in [0.2, 0.25) is 0 Å². The minimum absolute atomic E-state index is 0.152. The molecule has 6 heteroatoms. The van der Waals surface area contributed by atoms with Gasteiger partial charge in [0.05, 0.1) is 7.11 Å². The molecule has 1 aliphatic heterocycles. The minimum atomic E-state index is 0.152. The van der Waals surface area contributed by atoms with Crippen molar-refractivity contribution in [1.29, 1.82) is 0 Å². The first kappa shape index (κ1) is 16.6. The van der Waals surface area contributed by atoms with Crippen LogP contribution in [0.15, 0.2) is 18.2 Å². The number of hydrogen-bond acceptors (Lipinski definition) is 5. The van der Waals surface area contributed by atoms with Crippen LogP contribution >= 0.6 is 0 Å². The number of carbonyl (C=O) groups is 1. The first-order valence-electron chi connectivity index (χ1n) is 7.61. The lowest BCUT2D eigenvalue weighted by Crippen LogP contribution is -2.48. The van der Waals surface area contributed by atoms with E-state index in [1.807, 2.05) is 23.1 Å². The van der Waals surface area contributed by atoms with Crippen molar-refractivity contribution in [3.05, 3.63) is 23.8 Å². The van der Waals surface area contributed by atoms with E-state index in [-0.39, 0.29) is 5.91 Å². The first-order chi connectivity index (χ1) is 10.6. The van der Waals surface area contributed by atoms with Gasteiger partial charge in [-0.15, -0.1) is 0 Å². The lowest BCUT2D eigenvalue weighted by molar-refractivity contribution is -0.130. The molecule has 0 atom stereocenters. The minimum Gasteiger partial charge on any atom is -0.493 e. The van der Waals surface area contributed by atoms with Crippen molar-refractivity contribution < 1.29 is 14.3 Å². The summed E-state index contributed by atoms with van der Waals surface area (Å²) in [4.78, 5) is 15.5. The number of ether oxygens (including phenoxy) is 2. The van der Waals surface area contributed by atoms with Crippen LogP contribution in [0, 0.1) is 0 Å². The van der Waals surface area contributed by atoms with Crippen LogP contribution in [-0.4, -0.2) is 62.1 Å². The number of benzene rings is 1. The molecule has 1 heterocycles. The molecular weight excluding hydrogens is 282 g/mol. The van der Waals surface area contributed by atoms with E-state index in [4.69, 9.17) is 15.2 Å². The molecule has 1 amide bonds. The summed E-state index contributed by atoms with van der Waals surface area (Å²) in [5.74, 6) is 1.60. The SMILES string of the molecule is COc1ccc(CN)cc1OCCN1CCN(C(C)=O)CC1. The van der Waals surface area contributed by atoms with Gasteiger partial charge in [-0.1, -0.05) is 6.07 Å². The van der Waals surface area contributed by atoms with Gasteiger partial charge >= 0.3 is 0 Å². The quantitative estimate of drug-likeness (QED) is 0.838. The van der Waals surface area contributed by atoms with E-state index in [1.165, 1.54) is 0 Å². The summed E-state index contributed by atoms with van der Waals surface area (Å²) in [6, 6.07) is 5.74. The van der Waals surface area contributed by atoms with Gasteiger partial charge in [-0.25, -0.2) is 0 Å². The fourth-order valence-electron chi connectivity index (χ4n) is 2.53. The van der Waals surface area contributed by atoms with Crippen LogP contribution in [0.5, 0.6) is 11.5 Å². The number of amides is 1. The Labute approximate surface area is 131 Å². The molecular formula is C16H25N3O3. The van der Waals surface area contributed by atoms with E-state index >= 15 is 0 Å². The van der Waals surface area contributed by atoms with Gasteiger partial charge in [-0.05, 0) is 17.7 Å². The maximum absolute atomic E-state index is 11.3. The molecule has 1 saturated heterocycles. The van der Waals surface area contributed by atoms with Crippen molar-refractivity contribution in [2.45, 2.75) is 13.5 Å². The number of piperazine rings is 1. The standard InChI is InChI=1S/C16H25N3O3/c1-13(20)19-7-5-18(6-8-19)9-10-22-16-11-14(12-17)3-4-15(16)21-2/h3-4,11H,5-10,12,17H2,1-2H3. The Morgan fingerprint density at radius 1 is 1.23 bits per heavy atom. The number of hydrogen-bond donors (Lipinski definition) is 1. The van der Waals surface area contributed by atoms with E-state index in [0.717, 1.165) is 49.8 Å². The highest BCUT2D eigenvalue weighted by Gasteiger charge is 2.18. The van der Waals surface area contributed by atoms with E-state index in [1.54, 1.807) is 14.0 Å². The van der Waals surface area contributed by atoms with Crippen LogP contribution in [0.4, 0.5) is 0 Å². The first-order valence-corrected chi connectivity index (χ1v) is 7.61. The fraction of sp³-hybridized carbons (Fsp3) is 0.562. The topological polar surface area (TPSA) is 68.0 Å². The van der Waals surface area contributed by atoms with Crippen molar-refractivity contribution in [1.82, 2.24) is 9.80 Å². The number of carbonyl (C=O) groups excluding carboxylic acids is 1. The van der Waals surface area contributed by atoms with Gasteiger partial charge in [0.2, 0.25) is 5.91 Å². The normalized spacial score (nSPS) is 15.7. The molecule has 0 radical (unpaired) electrons. The van der Waals surface area contributed by atoms with Gasteiger partial charge in [0.25, 0.3) is 0 Å². The second-order valence-electron chi connectivity index (χ2n) is 5.39. The average Bonchev–Trinajstić information content (AvgIpc) is 2.55. The molecule has 0 unspecified atom stereocenters. The van der Waals surface area contributed by atoms with Gasteiger partial charge in [0.1, 0.15) is 6.61 Å². The zero-order valence-electron chi connectivity index (χ0n) is 13.4. The monoisotopic (exact) mass is 307 g/mol. The van der Waals surface area contributed by atoms with E-state index < -0.39 is 0 Å². The second kappa shape index (κ2) is 8.00. The zero-order valence-corrected chi connectivity index (χ0v) is 13.4. The molecule has 1 aromatic rings. The largest absolute Gasteiger partial charge is 0.493 e. The number of nitrogens with zero attached hydrogens (tertiary/aromatic N) is 2. The van der Waals surface area contributed by atoms with Gasteiger partial charge in [-0.2, -0.15) is 0 Å². The highest BCUT2D eigenvalue weighted by Crippen LogP contribution is 2.27. The third kappa shape index (κ3) is 4.35. The Morgan fingerprint density at radius 3 is 2.55 bits per heavy atom. The molecule has 1 fully saturated rings. The predicted octanol–water partition coefficient (Wildman–Crippen LogP) is 0.697. The molecule has 0 saturated carbocycles. The maximum atomic E-state index is 11.3. The van der Waals surface area contributed by atoms with Gasteiger partial charge in [0, 0.05) is 46.2 Å². The highest BCUT2D eigenvalue weighted by atomic mass is 16.5. The van der Waals surface area contributed by atoms with Crippen LogP contribution in [0.3, 0.4) is 0 Å². The lowest BCUT2D eigenvalue weighted by Gasteiger charge is -2.34. The third-order valence-electron chi connectivity index (χ3n) is 3.95. The molecule has 0 spiro atoms. The Kier molecular flexibility index (Phi) is 6.03. The molecule has 122 valence electrons. The lowest BCUT2D eigenvalue weighted by atomic mass is 10.2. The van der Waals surface area contributed by atoms with Crippen LogP contribution in [-0.2, 0) is 11.3 Å². The van der Waals surface area contributed by atoms with Crippen molar-refractivity contribution in [3.8, 4) is 11.5 Å². The summed E-state index contributed by atoms with van der Waals surface area (Å²) in [7, 11) is 1.63. The molecule has 1 aromatic carbocycles. The van der Waals surface area contributed by atoms with Crippen molar-refractivity contribution in [3.63, 3.8) is 0 Å². The summed E-state index contributed by atoms with van der Waals surface area (Å²) >= 11 is 0. The average molecular weight is 307 g/mol. The van der Waals surface area contributed by atoms with Gasteiger partial charge in [-0.3, -0.25) is 9.69 Å². The van der Waals surface area contributed by atoms with E-state index in [9.17, 15) is 4.79 Å². The zero-order chi connectivity index (χ0) is 15.9. The number of nitrogens with two attached hydrogens (primary N) is 1. The molecule has 22 heavy (non-hydrogen) atoms. The predicted molar refractivity (Wildman–Crippen MR) is 85.1 cm³/mol. The molecule has 6 nitrogen and oxygen atoms in total. The summed E-state index contributed by atoms with van der Waals surface area (Å²) < 4.78 is 11.1. The molecule has 1 aliphatic rings. The van der Waals surface area contributed by atoms with Crippen molar-refractivity contribution in [2.75, 3.05) is 46.4 Å². The van der Waals surface area contributed by atoms with Crippen molar-refractivity contribution >= 4 is 5.91 Å². The Balaban J connectivity index is 1.80. The highest BCUT2D eigenvalue weighted by molar-refractivity contribution is 5.73. The van der Waals surface area contributed by atoms with Gasteiger partial charge in [0.15, 0.2) is 11.5 Å².